The van der Waals surface area contributed by atoms with Crippen LogP contribution in [0.25, 0.3) is 0 Å². The summed E-state index contributed by atoms with van der Waals surface area (Å²) >= 11 is 1.22. The minimum atomic E-state index is -2.86. The van der Waals surface area contributed by atoms with Crippen LogP contribution in [0.1, 0.15) is 0 Å². The molecule has 0 fully saturated rings. The van der Waals surface area contributed by atoms with E-state index in [-0.39, 0.29) is 5.75 Å². The van der Waals surface area contributed by atoms with Gasteiger partial charge in [-0.05, 0) is 12.1 Å². The molecule has 0 aliphatic heterocycles. The number of alkyl halides is 2. The molecule has 0 aliphatic rings. The topological polar surface area (TPSA) is 60.2 Å². The van der Waals surface area contributed by atoms with Crippen molar-refractivity contribution in [3.8, 4) is 5.75 Å². The van der Waals surface area contributed by atoms with E-state index < -0.39 is 6.61 Å². The Morgan fingerprint density at radius 1 is 1.35 bits per heavy atom. The van der Waals surface area contributed by atoms with E-state index in [2.05, 4.69) is 15.0 Å². The third-order valence-electron chi connectivity index (χ3n) is 1.87. The molecule has 0 saturated heterocycles. The van der Waals surface area contributed by atoms with Crippen molar-refractivity contribution in [3.63, 3.8) is 0 Å². The van der Waals surface area contributed by atoms with Crippen molar-refractivity contribution in [3.05, 3.63) is 30.5 Å². The van der Waals surface area contributed by atoms with Gasteiger partial charge >= 0.3 is 6.61 Å². The highest BCUT2D eigenvalue weighted by atomic mass is 32.1. The first-order valence-electron chi connectivity index (χ1n) is 4.67. The van der Waals surface area contributed by atoms with Crippen molar-refractivity contribution < 1.29 is 13.5 Å². The molecule has 0 bridgehead atoms. The molecule has 2 rings (SSSR count). The van der Waals surface area contributed by atoms with Crippen LogP contribution in [0.4, 0.5) is 24.6 Å². The summed E-state index contributed by atoms with van der Waals surface area (Å²) in [4.78, 5) is 3.97. The largest absolute Gasteiger partial charge is 0.433 e. The number of ether oxygens (including phenoxy) is 1. The molecule has 0 atom stereocenters. The maximum absolute atomic E-state index is 12.2. The van der Waals surface area contributed by atoms with Gasteiger partial charge in [-0.2, -0.15) is 8.78 Å². The van der Waals surface area contributed by atoms with Gasteiger partial charge < -0.3 is 15.8 Å². The van der Waals surface area contributed by atoms with Gasteiger partial charge in [0.15, 0.2) is 5.13 Å². The van der Waals surface area contributed by atoms with E-state index in [0.29, 0.717) is 15.8 Å². The summed E-state index contributed by atoms with van der Waals surface area (Å²) in [5.41, 5.74) is 5.93. The number of para-hydroxylation sites is 2. The third kappa shape index (κ3) is 3.04. The van der Waals surface area contributed by atoms with Crippen molar-refractivity contribution in [1.82, 2.24) is 4.98 Å². The van der Waals surface area contributed by atoms with Crippen LogP contribution in [0.2, 0.25) is 0 Å². The number of rotatable bonds is 4. The Morgan fingerprint density at radius 2 is 2.12 bits per heavy atom. The zero-order valence-electron chi connectivity index (χ0n) is 8.56. The summed E-state index contributed by atoms with van der Waals surface area (Å²) in [5, 5.41) is 3.93. The Hall–Kier alpha value is -1.89. The quantitative estimate of drug-likeness (QED) is 0.883. The molecule has 1 aromatic carbocycles. The van der Waals surface area contributed by atoms with E-state index in [1.807, 2.05) is 0 Å². The van der Waals surface area contributed by atoms with Crippen molar-refractivity contribution in [2.45, 2.75) is 6.61 Å². The molecule has 0 spiro atoms. The Labute approximate surface area is 100 Å². The first-order chi connectivity index (χ1) is 8.15. The van der Waals surface area contributed by atoms with E-state index in [4.69, 9.17) is 5.73 Å². The molecule has 0 amide bonds. The first kappa shape index (κ1) is 11.6. The van der Waals surface area contributed by atoms with Crippen LogP contribution in [0.15, 0.2) is 30.5 Å². The summed E-state index contributed by atoms with van der Waals surface area (Å²) in [6.45, 7) is -2.86. The van der Waals surface area contributed by atoms with Gasteiger partial charge in [-0.15, -0.1) is 0 Å². The van der Waals surface area contributed by atoms with Crippen LogP contribution in [0.3, 0.4) is 0 Å². The van der Waals surface area contributed by atoms with Gasteiger partial charge in [0.2, 0.25) is 0 Å². The summed E-state index contributed by atoms with van der Waals surface area (Å²) in [6, 6.07) is 6.39. The van der Waals surface area contributed by atoms with Gasteiger partial charge in [-0.1, -0.05) is 23.5 Å². The molecular formula is C10H9F2N3OS. The van der Waals surface area contributed by atoms with Gasteiger partial charge in [-0.25, -0.2) is 4.98 Å². The van der Waals surface area contributed by atoms with Crippen LogP contribution in [0, 0.1) is 0 Å². The molecule has 1 aromatic heterocycles. The minimum absolute atomic E-state index is 0.0660. The second-order valence-corrected chi connectivity index (χ2v) is 4.13. The molecule has 17 heavy (non-hydrogen) atoms. The van der Waals surface area contributed by atoms with Crippen LogP contribution in [0.5, 0.6) is 5.75 Å². The average Bonchev–Trinajstić information content (AvgIpc) is 2.66. The number of anilines is 3. The third-order valence-corrected chi connectivity index (χ3v) is 2.61. The lowest BCUT2D eigenvalue weighted by Gasteiger charge is -2.10. The molecule has 4 nitrogen and oxygen atoms in total. The Bertz CT molecular complexity index is 504. The van der Waals surface area contributed by atoms with Gasteiger partial charge in [-0.3, -0.25) is 0 Å². The van der Waals surface area contributed by atoms with Gasteiger partial charge in [0.25, 0.3) is 0 Å². The van der Waals surface area contributed by atoms with E-state index in [1.54, 1.807) is 18.2 Å². The SMILES string of the molecule is Nc1cnc(Nc2ccccc2OC(F)F)s1. The van der Waals surface area contributed by atoms with Crippen molar-refractivity contribution >= 4 is 27.2 Å². The number of halogens is 2. The number of nitrogens with one attached hydrogen (secondary N) is 1. The maximum Gasteiger partial charge on any atom is 0.387 e. The molecule has 7 heteroatoms. The highest BCUT2D eigenvalue weighted by molar-refractivity contribution is 7.19. The normalized spacial score (nSPS) is 10.5. The summed E-state index contributed by atoms with van der Waals surface area (Å²) in [7, 11) is 0. The zero-order chi connectivity index (χ0) is 12.3. The number of thiazole rings is 1. The molecule has 90 valence electrons. The molecule has 0 unspecified atom stereocenters. The van der Waals surface area contributed by atoms with Gasteiger partial charge in [0.05, 0.1) is 11.9 Å². The monoisotopic (exact) mass is 257 g/mol. The lowest BCUT2D eigenvalue weighted by Crippen LogP contribution is -2.04. The molecule has 1 heterocycles. The number of hydrogen-bond donors (Lipinski definition) is 2. The van der Waals surface area contributed by atoms with Crippen LogP contribution in [-0.4, -0.2) is 11.6 Å². The number of aromatic nitrogens is 1. The van der Waals surface area contributed by atoms with E-state index in [0.717, 1.165) is 0 Å². The summed E-state index contributed by atoms with van der Waals surface area (Å²) in [5.74, 6) is 0.0660. The number of nitrogens with zero attached hydrogens (tertiary/aromatic N) is 1. The summed E-state index contributed by atoms with van der Waals surface area (Å²) < 4.78 is 28.7. The zero-order valence-corrected chi connectivity index (χ0v) is 9.38. The average molecular weight is 257 g/mol. The molecule has 3 N–H and O–H groups in total. The Morgan fingerprint density at radius 3 is 2.76 bits per heavy atom. The van der Waals surface area contributed by atoms with Crippen LogP contribution in [-0.2, 0) is 0 Å². The highest BCUT2D eigenvalue weighted by Gasteiger charge is 2.10. The molecular weight excluding hydrogens is 248 g/mol. The lowest BCUT2D eigenvalue weighted by atomic mass is 10.3. The Kier molecular flexibility index (Phi) is 3.38. The molecule has 0 radical (unpaired) electrons. The standard InChI is InChI=1S/C10H9F2N3OS/c11-9(12)16-7-4-2-1-3-6(7)15-10-14-5-8(13)17-10/h1-5,9H,13H2,(H,14,15). The van der Waals surface area contributed by atoms with Crippen LogP contribution < -0.4 is 15.8 Å². The fraction of sp³-hybridized carbons (Fsp3) is 0.100. The highest BCUT2D eigenvalue weighted by Crippen LogP contribution is 2.30. The van der Waals surface area contributed by atoms with Crippen molar-refractivity contribution in [2.24, 2.45) is 0 Å². The molecule has 0 saturated carbocycles. The predicted octanol–water partition coefficient (Wildman–Crippen LogP) is 3.07. The first-order valence-corrected chi connectivity index (χ1v) is 5.49. The maximum atomic E-state index is 12.2. The van der Waals surface area contributed by atoms with E-state index >= 15 is 0 Å². The molecule has 0 aliphatic carbocycles. The number of nitrogens with two attached hydrogens (primary N) is 1. The Balaban J connectivity index is 2.20. The number of benzene rings is 1. The number of hydrogen-bond acceptors (Lipinski definition) is 5. The second kappa shape index (κ2) is 4.96. The van der Waals surface area contributed by atoms with Crippen molar-refractivity contribution in [2.75, 3.05) is 11.1 Å². The minimum Gasteiger partial charge on any atom is -0.433 e. The van der Waals surface area contributed by atoms with Crippen molar-refractivity contribution in [1.29, 1.82) is 0 Å². The fourth-order valence-electron chi connectivity index (χ4n) is 1.23. The second-order valence-electron chi connectivity index (χ2n) is 3.07. The molecule has 2 aromatic rings. The lowest BCUT2D eigenvalue weighted by molar-refractivity contribution is -0.0493. The smallest absolute Gasteiger partial charge is 0.387 e. The predicted molar refractivity (Wildman–Crippen MR) is 62.9 cm³/mol. The van der Waals surface area contributed by atoms with E-state index in [1.165, 1.54) is 23.6 Å². The summed E-state index contributed by atoms with van der Waals surface area (Å²) in [6.07, 6.45) is 1.49. The number of nitrogen functional groups attached to an aromatic ring is 1. The van der Waals surface area contributed by atoms with Gasteiger partial charge in [0, 0.05) is 0 Å². The fourth-order valence-corrected chi connectivity index (χ4v) is 1.82. The van der Waals surface area contributed by atoms with Crippen LogP contribution >= 0.6 is 11.3 Å². The van der Waals surface area contributed by atoms with E-state index in [9.17, 15) is 8.78 Å². The van der Waals surface area contributed by atoms with Gasteiger partial charge in [0.1, 0.15) is 10.8 Å².